The Hall–Kier alpha value is -2.51. The van der Waals surface area contributed by atoms with Crippen LogP contribution in [0, 0.1) is 0 Å². The van der Waals surface area contributed by atoms with E-state index in [9.17, 15) is 4.79 Å². The zero-order valence-corrected chi connectivity index (χ0v) is 7.35. The highest BCUT2D eigenvalue weighted by Crippen LogP contribution is 2.07. The highest BCUT2D eigenvalue weighted by Gasteiger charge is 2.08. The van der Waals surface area contributed by atoms with Gasteiger partial charge in [-0.15, -0.1) is 0 Å². The van der Waals surface area contributed by atoms with Crippen LogP contribution in [0.3, 0.4) is 0 Å². The Balaban J connectivity index is 2.59. The van der Waals surface area contributed by atoms with Crippen molar-refractivity contribution in [1.82, 2.24) is 29.9 Å². The summed E-state index contributed by atoms with van der Waals surface area (Å²) in [4.78, 5) is 32.4. The molecule has 3 rings (SSSR count). The summed E-state index contributed by atoms with van der Waals surface area (Å²) < 4.78 is 0. The van der Waals surface area contributed by atoms with Gasteiger partial charge >= 0.3 is 0 Å². The fourth-order valence-corrected chi connectivity index (χ4v) is 1.31. The van der Waals surface area contributed by atoms with E-state index in [4.69, 9.17) is 5.73 Å². The average molecular weight is 203 g/mol. The van der Waals surface area contributed by atoms with Crippen molar-refractivity contribution in [2.75, 3.05) is 5.73 Å². The van der Waals surface area contributed by atoms with Crippen LogP contribution in [0.1, 0.15) is 0 Å². The summed E-state index contributed by atoms with van der Waals surface area (Å²) in [5.41, 5.74) is 6.14. The Labute approximate surface area is 81.6 Å². The van der Waals surface area contributed by atoms with Gasteiger partial charge in [-0.1, -0.05) is 0 Å². The number of hydrogen-bond donors (Lipinski definition) is 3. The quantitative estimate of drug-likeness (QED) is 0.437. The van der Waals surface area contributed by atoms with Crippen LogP contribution in [-0.2, 0) is 0 Å². The Morgan fingerprint density at radius 3 is 2.93 bits per heavy atom. The molecule has 4 N–H and O–H groups in total. The van der Waals surface area contributed by atoms with Gasteiger partial charge in [-0.05, 0) is 0 Å². The first-order valence-corrected chi connectivity index (χ1v) is 4.10. The van der Waals surface area contributed by atoms with Gasteiger partial charge in [-0.2, -0.15) is 4.98 Å². The van der Waals surface area contributed by atoms with Crippen LogP contribution >= 0.6 is 0 Å². The SMILES string of the molecule is Nc1nc2nc3nc[nH]c3nc2c(=O)[nH]1. The number of aromatic nitrogens is 6. The number of imidazole rings is 1. The van der Waals surface area contributed by atoms with Crippen molar-refractivity contribution in [3.8, 4) is 0 Å². The standard InChI is InChI=1S/C7H5N7O/c8-7-13-3-2(6(15)14-7)11-4-5(12-3)10-1-9-4/h1H,(H4,8,9,10,11,12,13,14,15). The molecule has 0 aliphatic rings. The predicted molar refractivity (Wildman–Crippen MR) is 52.0 cm³/mol. The van der Waals surface area contributed by atoms with E-state index < -0.39 is 5.56 Å². The van der Waals surface area contributed by atoms with Crippen molar-refractivity contribution in [3.05, 3.63) is 16.7 Å². The van der Waals surface area contributed by atoms with E-state index >= 15 is 0 Å². The van der Waals surface area contributed by atoms with Gasteiger partial charge in [-0.3, -0.25) is 9.78 Å². The summed E-state index contributed by atoms with van der Waals surface area (Å²) in [6.45, 7) is 0. The lowest BCUT2D eigenvalue weighted by Crippen LogP contribution is -2.13. The average Bonchev–Trinajstić information content (AvgIpc) is 2.61. The fraction of sp³-hybridized carbons (Fsp3) is 0. The van der Waals surface area contributed by atoms with Gasteiger partial charge in [0, 0.05) is 0 Å². The molecule has 3 aromatic rings. The van der Waals surface area contributed by atoms with Crippen molar-refractivity contribution >= 4 is 28.4 Å². The van der Waals surface area contributed by atoms with Crippen LogP contribution in [-0.4, -0.2) is 29.9 Å². The second kappa shape index (κ2) is 2.50. The third-order valence-electron chi connectivity index (χ3n) is 1.93. The van der Waals surface area contributed by atoms with Gasteiger partial charge in [-0.25, -0.2) is 15.0 Å². The number of anilines is 1. The minimum Gasteiger partial charge on any atom is -0.369 e. The predicted octanol–water partition coefficient (Wildman–Crippen LogP) is -0.828. The molecule has 0 aliphatic heterocycles. The molecule has 0 atom stereocenters. The number of nitrogens with two attached hydrogens (primary N) is 1. The molecule has 0 spiro atoms. The molecule has 0 saturated heterocycles. The normalized spacial score (nSPS) is 11.2. The molecular formula is C7H5N7O. The molecule has 0 radical (unpaired) electrons. The fourth-order valence-electron chi connectivity index (χ4n) is 1.31. The third-order valence-corrected chi connectivity index (χ3v) is 1.93. The van der Waals surface area contributed by atoms with E-state index in [1.54, 1.807) is 0 Å². The van der Waals surface area contributed by atoms with Crippen LogP contribution in [0.25, 0.3) is 22.5 Å². The molecule has 0 unspecified atom stereocenters. The summed E-state index contributed by atoms with van der Waals surface area (Å²) in [6.07, 6.45) is 1.45. The molecular weight excluding hydrogens is 198 g/mol. The first kappa shape index (κ1) is 7.85. The molecule has 3 aromatic heterocycles. The van der Waals surface area contributed by atoms with Crippen molar-refractivity contribution in [2.24, 2.45) is 0 Å². The maximum atomic E-state index is 11.5. The molecule has 8 nitrogen and oxygen atoms in total. The van der Waals surface area contributed by atoms with Crippen molar-refractivity contribution in [3.63, 3.8) is 0 Å². The molecule has 15 heavy (non-hydrogen) atoms. The number of aromatic amines is 2. The van der Waals surface area contributed by atoms with Gasteiger partial charge in [0.2, 0.25) is 5.95 Å². The molecule has 0 saturated carbocycles. The van der Waals surface area contributed by atoms with Gasteiger partial charge in [0.15, 0.2) is 22.5 Å². The summed E-state index contributed by atoms with van der Waals surface area (Å²) >= 11 is 0. The van der Waals surface area contributed by atoms with Crippen LogP contribution < -0.4 is 11.3 Å². The van der Waals surface area contributed by atoms with Crippen molar-refractivity contribution < 1.29 is 0 Å². The van der Waals surface area contributed by atoms with E-state index in [1.807, 2.05) is 0 Å². The zero-order valence-electron chi connectivity index (χ0n) is 7.35. The zero-order chi connectivity index (χ0) is 10.4. The summed E-state index contributed by atoms with van der Waals surface area (Å²) in [5, 5.41) is 0. The van der Waals surface area contributed by atoms with Crippen LogP contribution in [0.4, 0.5) is 5.95 Å². The van der Waals surface area contributed by atoms with Crippen LogP contribution in [0.15, 0.2) is 11.1 Å². The minimum absolute atomic E-state index is 0.0108. The van der Waals surface area contributed by atoms with E-state index in [-0.39, 0.29) is 17.1 Å². The van der Waals surface area contributed by atoms with Crippen molar-refractivity contribution in [1.29, 1.82) is 0 Å². The Morgan fingerprint density at radius 1 is 1.20 bits per heavy atom. The summed E-state index contributed by atoms with van der Waals surface area (Å²) in [6, 6.07) is 0. The molecule has 0 fully saturated rings. The number of hydrogen-bond acceptors (Lipinski definition) is 6. The Bertz CT molecular complexity index is 712. The molecule has 8 heteroatoms. The second-order valence-corrected chi connectivity index (χ2v) is 2.92. The molecule has 0 aromatic carbocycles. The molecule has 0 aliphatic carbocycles. The highest BCUT2D eigenvalue weighted by atomic mass is 16.1. The second-order valence-electron chi connectivity index (χ2n) is 2.92. The van der Waals surface area contributed by atoms with E-state index in [2.05, 4.69) is 29.9 Å². The van der Waals surface area contributed by atoms with E-state index in [1.165, 1.54) is 6.33 Å². The molecule has 3 heterocycles. The number of nitrogens with one attached hydrogen (secondary N) is 2. The third kappa shape index (κ3) is 1.04. The number of rotatable bonds is 0. The lowest BCUT2D eigenvalue weighted by atomic mass is 10.5. The van der Waals surface area contributed by atoms with Crippen molar-refractivity contribution in [2.45, 2.75) is 0 Å². The molecule has 0 amide bonds. The number of fused-ring (bicyclic) bond motifs is 2. The van der Waals surface area contributed by atoms with E-state index in [0.29, 0.717) is 11.3 Å². The topological polar surface area (TPSA) is 126 Å². The minimum atomic E-state index is -0.415. The Kier molecular flexibility index (Phi) is 1.31. The van der Waals surface area contributed by atoms with Gasteiger partial charge in [0.25, 0.3) is 5.56 Å². The summed E-state index contributed by atoms with van der Waals surface area (Å²) in [7, 11) is 0. The molecule has 0 bridgehead atoms. The number of H-pyrrole nitrogens is 2. The lowest BCUT2D eigenvalue weighted by Gasteiger charge is -1.96. The maximum Gasteiger partial charge on any atom is 0.280 e. The lowest BCUT2D eigenvalue weighted by molar-refractivity contribution is 1.14. The van der Waals surface area contributed by atoms with Crippen LogP contribution in [0.2, 0.25) is 0 Å². The van der Waals surface area contributed by atoms with Crippen LogP contribution in [0.5, 0.6) is 0 Å². The summed E-state index contributed by atoms with van der Waals surface area (Å²) in [5.74, 6) is 0.0108. The monoisotopic (exact) mass is 203 g/mol. The first-order valence-electron chi connectivity index (χ1n) is 4.10. The van der Waals surface area contributed by atoms with Gasteiger partial charge in [0.1, 0.15) is 0 Å². The number of nitrogen functional groups attached to an aromatic ring is 1. The number of nitrogens with zero attached hydrogens (tertiary/aromatic N) is 4. The smallest absolute Gasteiger partial charge is 0.280 e. The first-order chi connectivity index (χ1) is 7.24. The maximum absolute atomic E-state index is 11.5. The Morgan fingerprint density at radius 2 is 2.07 bits per heavy atom. The highest BCUT2D eigenvalue weighted by molar-refractivity contribution is 5.79. The molecule has 74 valence electrons. The van der Waals surface area contributed by atoms with Gasteiger partial charge in [0.05, 0.1) is 6.33 Å². The van der Waals surface area contributed by atoms with E-state index in [0.717, 1.165) is 0 Å². The largest absolute Gasteiger partial charge is 0.369 e. The van der Waals surface area contributed by atoms with Gasteiger partial charge < -0.3 is 10.7 Å².